The maximum absolute atomic E-state index is 2.60. The van der Waals surface area contributed by atoms with Crippen LogP contribution in [0.2, 0.25) is 0 Å². The molecule has 0 bridgehead atoms. The third kappa shape index (κ3) is 3.81. The maximum atomic E-state index is 2.57. The summed E-state index contributed by atoms with van der Waals surface area (Å²) in [6, 6.07) is 74.0. The van der Waals surface area contributed by atoms with Crippen molar-refractivity contribution >= 4 is 72.4 Å². The van der Waals surface area contributed by atoms with Gasteiger partial charge in [0.25, 0.3) is 0 Å². The second kappa shape index (κ2) is 11.3. The molecule has 0 atom stereocenters. The van der Waals surface area contributed by atoms with Crippen LogP contribution in [0.5, 0.6) is 0 Å². The van der Waals surface area contributed by atoms with E-state index in [-0.39, 0.29) is 5.41 Å². The number of fused-ring (bicyclic) bond motifs is 20. The van der Waals surface area contributed by atoms with Crippen LogP contribution < -0.4 is 20.7 Å². The Hall–Kier alpha value is -7.20. The van der Waals surface area contributed by atoms with E-state index in [2.05, 4.69) is 217 Å². The zero-order valence-corrected chi connectivity index (χ0v) is 34.4. The molecule has 0 fully saturated rings. The summed E-state index contributed by atoms with van der Waals surface area (Å²) in [5.41, 5.74) is 18.3. The van der Waals surface area contributed by atoms with Crippen molar-refractivity contribution in [2.75, 3.05) is 0 Å². The summed E-state index contributed by atoms with van der Waals surface area (Å²) < 4.78 is 5.05. The highest BCUT2D eigenvalue weighted by Crippen LogP contribution is 2.50. The minimum Gasteiger partial charge on any atom is -0.309 e. The van der Waals surface area contributed by atoms with Crippen LogP contribution in [0, 0.1) is 0 Å². The Labute approximate surface area is 349 Å². The lowest BCUT2D eigenvalue weighted by Crippen LogP contribution is -2.70. The normalized spacial score (nSPS) is 14.8. The molecule has 4 heterocycles. The van der Waals surface area contributed by atoms with Crippen LogP contribution in [0.3, 0.4) is 0 Å². The second-order valence-electron chi connectivity index (χ2n) is 17.6. The van der Waals surface area contributed by atoms with Gasteiger partial charge in [0, 0.05) is 38.3 Å². The molecule has 0 saturated carbocycles. The molecule has 14 rings (SSSR count). The number of hydrogen-bond acceptors (Lipinski definition) is 0. The lowest BCUT2D eigenvalue weighted by molar-refractivity contribution is 0.660. The molecule has 11 aromatic rings. The van der Waals surface area contributed by atoms with Gasteiger partial charge in [-0.2, -0.15) is 0 Å². The van der Waals surface area contributed by atoms with E-state index in [0.29, 0.717) is 0 Å². The fraction of sp³-hybridized carbons (Fsp3) is 0.0526. The quantitative estimate of drug-likeness (QED) is 0.155. The first kappa shape index (κ1) is 32.7. The summed E-state index contributed by atoms with van der Waals surface area (Å²) in [5, 5.41) is 11.2. The fourth-order valence-electron chi connectivity index (χ4n) is 12.1. The van der Waals surface area contributed by atoms with Crippen LogP contribution in [-0.4, -0.2) is 17.2 Å². The minimum absolute atomic E-state index is 0.0806. The van der Waals surface area contributed by atoms with Gasteiger partial charge in [-0.1, -0.05) is 159 Å². The summed E-state index contributed by atoms with van der Waals surface area (Å²) in [6.07, 6.45) is 0. The summed E-state index contributed by atoms with van der Waals surface area (Å²) in [5.74, 6) is 0. The van der Waals surface area contributed by atoms with Gasteiger partial charge in [-0.15, -0.1) is 0 Å². The van der Waals surface area contributed by atoms with Crippen molar-refractivity contribution in [3.05, 3.63) is 205 Å². The van der Waals surface area contributed by atoms with Gasteiger partial charge in [0.1, 0.15) is 0 Å². The van der Waals surface area contributed by atoms with Gasteiger partial charge in [0.05, 0.1) is 22.1 Å². The molecule has 0 radical (unpaired) electrons. The molecule has 2 nitrogen and oxygen atoms in total. The lowest BCUT2D eigenvalue weighted by atomic mass is 9.82. The number of aromatic nitrogens is 2. The van der Waals surface area contributed by atoms with Gasteiger partial charge >= 0.3 is 0 Å². The van der Waals surface area contributed by atoms with E-state index >= 15 is 0 Å². The largest absolute Gasteiger partial charge is 0.309 e. The predicted octanol–water partition coefficient (Wildman–Crippen LogP) is 11.5. The second-order valence-corrected chi connectivity index (χ2v) is 21.2. The van der Waals surface area contributed by atoms with E-state index < -0.39 is 8.07 Å². The van der Waals surface area contributed by atoms with Gasteiger partial charge in [0.15, 0.2) is 8.07 Å². The highest BCUT2D eigenvalue weighted by atomic mass is 28.3. The molecule has 9 aromatic carbocycles. The Morgan fingerprint density at radius 2 is 0.750 bits per heavy atom. The molecule has 0 amide bonds. The monoisotopic (exact) mass is 778 g/mol. The topological polar surface area (TPSA) is 9.86 Å². The molecule has 3 aliphatic rings. The van der Waals surface area contributed by atoms with Crippen molar-refractivity contribution in [3.8, 4) is 44.8 Å². The van der Waals surface area contributed by atoms with Gasteiger partial charge in [-0.3, -0.25) is 0 Å². The SMILES string of the molecule is CC1(C)c2ccccc2-c2ccc(-n3c4ccccc4c4c5c6ccccc6n(-c6ccc7c(c6)[Si]6(c8ccccc8-c8ccccc86)c6ccccc6-7)c5ccc43)cc21. The van der Waals surface area contributed by atoms with Gasteiger partial charge in [-0.05, 0) is 114 Å². The minimum atomic E-state index is -2.60. The molecule has 1 spiro atoms. The molecular formula is C57H38N2Si. The average Bonchev–Trinajstić information content (AvgIpc) is 4.05. The zero-order valence-electron chi connectivity index (χ0n) is 33.4. The van der Waals surface area contributed by atoms with Gasteiger partial charge in [0.2, 0.25) is 0 Å². The van der Waals surface area contributed by atoms with Gasteiger partial charge in [-0.25, -0.2) is 0 Å². The molecule has 2 aliphatic heterocycles. The van der Waals surface area contributed by atoms with Crippen LogP contribution in [0.25, 0.3) is 88.4 Å². The van der Waals surface area contributed by atoms with Crippen molar-refractivity contribution in [3.63, 3.8) is 0 Å². The first-order chi connectivity index (χ1) is 29.5. The van der Waals surface area contributed by atoms with E-state index in [1.165, 1.54) is 120 Å². The van der Waals surface area contributed by atoms with Gasteiger partial charge < -0.3 is 9.13 Å². The van der Waals surface area contributed by atoms with E-state index in [1.807, 2.05) is 0 Å². The van der Waals surface area contributed by atoms with Crippen molar-refractivity contribution in [2.45, 2.75) is 19.3 Å². The molecule has 60 heavy (non-hydrogen) atoms. The van der Waals surface area contributed by atoms with Crippen molar-refractivity contribution < 1.29 is 0 Å². The van der Waals surface area contributed by atoms with E-state index in [0.717, 1.165) is 0 Å². The molecule has 0 N–H and O–H groups in total. The molecule has 0 unspecified atom stereocenters. The first-order valence-corrected chi connectivity index (χ1v) is 23.2. The third-order valence-electron chi connectivity index (χ3n) is 14.5. The average molecular weight is 779 g/mol. The third-order valence-corrected chi connectivity index (χ3v) is 19.5. The molecule has 2 aromatic heterocycles. The first-order valence-electron chi connectivity index (χ1n) is 21.2. The smallest absolute Gasteiger partial charge is 0.182 e. The molecule has 280 valence electrons. The molecule has 0 saturated heterocycles. The number of hydrogen-bond donors (Lipinski definition) is 0. The Morgan fingerprint density at radius 1 is 0.333 bits per heavy atom. The summed E-state index contributed by atoms with van der Waals surface area (Å²) in [4.78, 5) is 0. The van der Waals surface area contributed by atoms with Crippen molar-refractivity contribution in [2.24, 2.45) is 0 Å². The summed E-state index contributed by atoms with van der Waals surface area (Å²) >= 11 is 0. The van der Waals surface area contributed by atoms with Crippen LogP contribution in [-0.2, 0) is 5.41 Å². The molecule has 1 aliphatic carbocycles. The van der Waals surface area contributed by atoms with Crippen LogP contribution in [0.4, 0.5) is 0 Å². The lowest BCUT2D eigenvalue weighted by Gasteiger charge is -2.28. The molecule has 3 heteroatoms. The molecular weight excluding hydrogens is 741 g/mol. The Bertz CT molecular complexity index is 3640. The van der Waals surface area contributed by atoms with E-state index in [4.69, 9.17) is 0 Å². The highest BCUT2D eigenvalue weighted by Gasteiger charge is 2.54. The number of rotatable bonds is 2. The Morgan fingerprint density at radius 3 is 1.32 bits per heavy atom. The van der Waals surface area contributed by atoms with Crippen LogP contribution in [0.15, 0.2) is 194 Å². The van der Waals surface area contributed by atoms with Crippen molar-refractivity contribution in [1.29, 1.82) is 0 Å². The summed E-state index contributed by atoms with van der Waals surface area (Å²) in [7, 11) is -2.60. The standard InChI is InChI=1S/C57H38N2Si/c1-57(2)45-21-9-3-15-37(45)38-29-27-35(33-46(38)57)58-47-22-10-4-19-43(47)55-49(58)31-32-50-56(55)44-20-5-11-23-48(44)59(50)36-28-30-42-41-18-8-14-26-53(41)60(54(42)34-36)51-24-12-6-16-39(51)40-17-7-13-25-52(40)60/h3-34H,1-2H3. The number of nitrogens with zero attached hydrogens (tertiary/aromatic N) is 2. The van der Waals surface area contributed by atoms with Crippen LogP contribution >= 0.6 is 0 Å². The highest BCUT2D eigenvalue weighted by molar-refractivity contribution is 7.24. The van der Waals surface area contributed by atoms with Crippen molar-refractivity contribution in [1.82, 2.24) is 9.13 Å². The van der Waals surface area contributed by atoms with Crippen LogP contribution in [0.1, 0.15) is 25.0 Å². The Balaban J connectivity index is 1.04. The predicted molar refractivity (Wildman–Crippen MR) is 254 cm³/mol. The van der Waals surface area contributed by atoms with E-state index in [9.17, 15) is 0 Å². The number of para-hydroxylation sites is 2. The Kier molecular flexibility index (Phi) is 6.16. The number of benzene rings is 9. The summed E-state index contributed by atoms with van der Waals surface area (Å²) in [6.45, 7) is 4.75. The maximum Gasteiger partial charge on any atom is 0.182 e. The van der Waals surface area contributed by atoms with E-state index in [1.54, 1.807) is 0 Å². The zero-order chi connectivity index (χ0) is 39.5. The fourth-order valence-corrected chi connectivity index (χ4v) is 17.8.